The highest BCUT2D eigenvalue weighted by atomic mass is 79.9. The molecule has 1 aliphatic carbocycles. The minimum absolute atomic E-state index is 0.0625. The summed E-state index contributed by atoms with van der Waals surface area (Å²) in [5.41, 5.74) is 1.63. The SMILES string of the molecule is Cc1cc(Br)cc(NC(=O)NC(C(=O)O)C2CC2)c1. The molecular weight excluding hydrogens is 312 g/mol. The first kappa shape index (κ1) is 13.9. The third kappa shape index (κ3) is 3.96. The lowest BCUT2D eigenvalue weighted by molar-refractivity contribution is -0.139. The summed E-state index contributed by atoms with van der Waals surface area (Å²) in [4.78, 5) is 22.8. The molecule has 0 radical (unpaired) electrons. The Hall–Kier alpha value is -1.56. The fraction of sp³-hybridized carbons (Fsp3) is 0.385. The van der Waals surface area contributed by atoms with Crippen LogP contribution in [0.5, 0.6) is 0 Å². The van der Waals surface area contributed by atoms with Crippen LogP contribution in [-0.2, 0) is 4.79 Å². The number of anilines is 1. The first-order valence-electron chi connectivity index (χ1n) is 6.03. The van der Waals surface area contributed by atoms with E-state index in [-0.39, 0.29) is 5.92 Å². The molecule has 2 rings (SSSR count). The second-order valence-electron chi connectivity index (χ2n) is 4.77. The maximum Gasteiger partial charge on any atom is 0.326 e. The van der Waals surface area contributed by atoms with E-state index in [0.717, 1.165) is 22.9 Å². The van der Waals surface area contributed by atoms with E-state index in [1.165, 1.54) is 0 Å². The number of amides is 2. The topological polar surface area (TPSA) is 78.4 Å². The van der Waals surface area contributed by atoms with Gasteiger partial charge in [0.05, 0.1) is 0 Å². The monoisotopic (exact) mass is 326 g/mol. The molecule has 3 N–H and O–H groups in total. The third-order valence-electron chi connectivity index (χ3n) is 2.95. The van der Waals surface area contributed by atoms with Crippen LogP contribution in [-0.4, -0.2) is 23.1 Å². The van der Waals surface area contributed by atoms with Crippen molar-refractivity contribution in [1.82, 2.24) is 5.32 Å². The van der Waals surface area contributed by atoms with Gasteiger partial charge in [-0.25, -0.2) is 9.59 Å². The summed E-state index contributed by atoms with van der Waals surface area (Å²) in [7, 11) is 0. The molecule has 6 heteroatoms. The van der Waals surface area contributed by atoms with Crippen molar-refractivity contribution in [2.45, 2.75) is 25.8 Å². The molecular formula is C13H15BrN2O3. The van der Waals surface area contributed by atoms with Gasteiger partial charge < -0.3 is 15.7 Å². The van der Waals surface area contributed by atoms with Gasteiger partial charge in [-0.2, -0.15) is 0 Å². The molecule has 1 atom stereocenters. The number of carbonyl (C=O) groups is 2. The number of hydrogen-bond acceptors (Lipinski definition) is 2. The van der Waals surface area contributed by atoms with Crippen molar-refractivity contribution in [2.24, 2.45) is 5.92 Å². The largest absolute Gasteiger partial charge is 0.480 e. The van der Waals surface area contributed by atoms with Gasteiger partial charge in [-0.05, 0) is 49.4 Å². The van der Waals surface area contributed by atoms with Crippen molar-refractivity contribution in [2.75, 3.05) is 5.32 Å². The Kier molecular flexibility index (Phi) is 4.09. The fourth-order valence-corrected chi connectivity index (χ4v) is 2.54. The molecule has 19 heavy (non-hydrogen) atoms. The Labute approximate surface area is 119 Å². The number of benzene rings is 1. The summed E-state index contributed by atoms with van der Waals surface area (Å²) in [6.45, 7) is 1.91. The zero-order chi connectivity index (χ0) is 14.0. The highest BCUT2D eigenvalue weighted by Gasteiger charge is 2.37. The van der Waals surface area contributed by atoms with E-state index in [4.69, 9.17) is 5.11 Å². The molecule has 0 saturated heterocycles. The first-order chi connectivity index (χ1) is 8.95. The van der Waals surface area contributed by atoms with E-state index in [1.54, 1.807) is 6.07 Å². The zero-order valence-corrected chi connectivity index (χ0v) is 12.0. The van der Waals surface area contributed by atoms with Crippen LogP contribution in [0.1, 0.15) is 18.4 Å². The summed E-state index contributed by atoms with van der Waals surface area (Å²) in [5.74, 6) is -0.921. The van der Waals surface area contributed by atoms with Crippen LogP contribution in [0, 0.1) is 12.8 Å². The Morgan fingerprint density at radius 2 is 2.05 bits per heavy atom. The van der Waals surface area contributed by atoms with Crippen molar-refractivity contribution >= 4 is 33.6 Å². The molecule has 1 unspecified atom stereocenters. The second-order valence-corrected chi connectivity index (χ2v) is 5.68. The van der Waals surface area contributed by atoms with Crippen molar-refractivity contribution in [1.29, 1.82) is 0 Å². The predicted octanol–water partition coefficient (Wildman–Crippen LogP) is 2.74. The van der Waals surface area contributed by atoms with Crippen LogP contribution in [0.4, 0.5) is 10.5 Å². The summed E-state index contributed by atoms with van der Waals surface area (Å²) in [5, 5.41) is 14.2. The quantitative estimate of drug-likeness (QED) is 0.796. The average Bonchev–Trinajstić information content (AvgIpc) is 3.07. The van der Waals surface area contributed by atoms with Gasteiger partial charge in [-0.15, -0.1) is 0 Å². The van der Waals surface area contributed by atoms with Crippen molar-refractivity contribution < 1.29 is 14.7 Å². The molecule has 0 heterocycles. The van der Waals surface area contributed by atoms with E-state index in [9.17, 15) is 9.59 Å². The van der Waals surface area contributed by atoms with Crippen molar-refractivity contribution in [3.63, 3.8) is 0 Å². The van der Waals surface area contributed by atoms with Gasteiger partial charge >= 0.3 is 12.0 Å². The number of hydrogen-bond donors (Lipinski definition) is 3. The Morgan fingerprint density at radius 1 is 1.37 bits per heavy atom. The number of carbonyl (C=O) groups excluding carboxylic acids is 1. The Morgan fingerprint density at radius 3 is 2.58 bits per heavy atom. The number of carboxylic acids is 1. The van der Waals surface area contributed by atoms with Gasteiger partial charge in [-0.1, -0.05) is 15.9 Å². The normalized spacial score (nSPS) is 15.7. The Bertz CT molecular complexity index is 494. The van der Waals surface area contributed by atoms with Crippen LogP contribution in [0.3, 0.4) is 0 Å². The molecule has 0 spiro atoms. The van der Waals surface area contributed by atoms with Gasteiger partial charge in [0.2, 0.25) is 0 Å². The number of carboxylic acid groups (broad SMARTS) is 1. The number of halogens is 1. The smallest absolute Gasteiger partial charge is 0.326 e. The van der Waals surface area contributed by atoms with E-state index in [2.05, 4.69) is 26.6 Å². The summed E-state index contributed by atoms with van der Waals surface area (Å²) >= 11 is 3.34. The maximum atomic E-state index is 11.8. The van der Waals surface area contributed by atoms with Crippen LogP contribution >= 0.6 is 15.9 Å². The molecule has 0 aromatic heterocycles. The van der Waals surface area contributed by atoms with Crippen LogP contribution in [0.15, 0.2) is 22.7 Å². The predicted molar refractivity (Wildman–Crippen MR) is 75.2 cm³/mol. The number of aryl methyl sites for hydroxylation is 1. The van der Waals surface area contributed by atoms with Crippen LogP contribution < -0.4 is 10.6 Å². The summed E-state index contributed by atoms with van der Waals surface area (Å²) in [6.07, 6.45) is 1.71. The second kappa shape index (κ2) is 5.61. The fourth-order valence-electron chi connectivity index (χ4n) is 1.93. The van der Waals surface area contributed by atoms with Crippen LogP contribution in [0.25, 0.3) is 0 Å². The molecule has 1 fully saturated rings. The van der Waals surface area contributed by atoms with E-state index in [0.29, 0.717) is 5.69 Å². The Balaban J connectivity index is 1.98. The number of rotatable bonds is 4. The summed E-state index contributed by atoms with van der Waals surface area (Å²) < 4.78 is 0.861. The summed E-state index contributed by atoms with van der Waals surface area (Å²) in [6, 6.07) is 4.22. The first-order valence-corrected chi connectivity index (χ1v) is 6.82. The number of aliphatic carboxylic acids is 1. The van der Waals surface area contributed by atoms with Crippen LogP contribution in [0.2, 0.25) is 0 Å². The minimum Gasteiger partial charge on any atom is -0.480 e. The van der Waals surface area contributed by atoms with Crippen molar-refractivity contribution in [3.8, 4) is 0 Å². The molecule has 0 bridgehead atoms. The number of nitrogens with one attached hydrogen (secondary N) is 2. The maximum absolute atomic E-state index is 11.8. The van der Waals surface area contributed by atoms with E-state index in [1.807, 2.05) is 19.1 Å². The molecule has 2 amide bonds. The minimum atomic E-state index is -0.983. The lowest BCUT2D eigenvalue weighted by Gasteiger charge is -2.14. The zero-order valence-electron chi connectivity index (χ0n) is 10.4. The molecule has 1 aromatic carbocycles. The molecule has 102 valence electrons. The molecule has 0 aliphatic heterocycles. The van der Waals surface area contributed by atoms with Gasteiger partial charge in [0.25, 0.3) is 0 Å². The van der Waals surface area contributed by atoms with E-state index >= 15 is 0 Å². The third-order valence-corrected chi connectivity index (χ3v) is 3.40. The lowest BCUT2D eigenvalue weighted by atomic mass is 10.2. The van der Waals surface area contributed by atoms with Gasteiger partial charge in [0, 0.05) is 10.2 Å². The van der Waals surface area contributed by atoms with Gasteiger partial charge in [0.15, 0.2) is 0 Å². The van der Waals surface area contributed by atoms with Crippen molar-refractivity contribution in [3.05, 3.63) is 28.2 Å². The molecule has 1 saturated carbocycles. The molecule has 5 nitrogen and oxygen atoms in total. The van der Waals surface area contributed by atoms with Gasteiger partial charge in [0.1, 0.15) is 6.04 Å². The lowest BCUT2D eigenvalue weighted by Crippen LogP contribution is -2.44. The number of urea groups is 1. The average molecular weight is 327 g/mol. The molecule has 1 aliphatic rings. The standard InChI is InChI=1S/C13H15BrN2O3/c1-7-4-9(14)6-10(5-7)15-13(19)16-11(12(17)18)8-2-3-8/h4-6,8,11H,2-3H2,1H3,(H,17,18)(H2,15,16,19). The van der Waals surface area contributed by atoms with Gasteiger partial charge in [-0.3, -0.25) is 0 Å². The molecule has 1 aromatic rings. The highest BCUT2D eigenvalue weighted by molar-refractivity contribution is 9.10. The highest BCUT2D eigenvalue weighted by Crippen LogP contribution is 2.32. The van der Waals surface area contributed by atoms with E-state index < -0.39 is 18.0 Å².